The highest BCUT2D eigenvalue weighted by Crippen LogP contribution is 2.29. The molecule has 1 heterocycles. The second kappa shape index (κ2) is 6.58. The number of nitriles is 1. The minimum absolute atomic E-state index is 0.718. The van der Waals surface area contributed by atoms with Gasteiger partial charge in [-0.3, -0.25) is 0 Å². The van der Waals surface area contributed by atoms with Crippen LogP contribution in [0.5, 0.6) is 0 Å². The van der Waals surface area contributed by atoms with E-state index in [-0.39, 0.29) is 0 Å². The molecule has 1 saturated heterocycles. The van der Waals surface area contributed by atoms with Crippen LogP contribution >= 0.6 is 0 Å². The number of anilines is 1. The molecule has 0 aliphatic carbocycles. The van der Waals surface area contributed by atoms with Gasteiger partial charge < -0.3 is 9.80 Å². The van der Waals surface area contributed by atoms with E-state index < -0.39 is 0 Å². The van der Waals surface area contributed by atoms with Gasteiger partial charge in [0.2, 0.25) is 0 Å². The first-order valence-electron chi connectivity index (χ1n) is 8.71. The third-order valence-electron chi connectivity index (χ3n) is 5.05. The molecule has 0 amide bonds. The molecule has 3 aromatic carbocycles. The van der Waals surface area contributed by atoms with Crippen LogP contribution in [0.25, 0.3) is 21.9 Å². The van der Waals surface area contributed by atoms with Gasteiger partial charge in [-0.1, -0.05) is 36.4 Å². The van der Waals surface area contributed by atoms with Gasteiger partial charge in [0.05, 0.1) is 11.6 Å². The fourth-order valence-corrected chi connectivity index (χ4v) is 3.49. The minimum Gasteiger partial charge on any atom is -0.369 e. The number of rotatable bonds is 2. The molecule has 0 aromatic heterocycles. The second-order valence-electron chi connectivity index (χ2n) is 6.69. The molecule has 0 saturated carbocycles. The van der Waals surface area contributed by atoms with Crippen LogP contribution in [0.2, 0.25) is 0 Å². The molecule has 4 rings (SSSR count). The number of hydrogen-bond donors (Lipinski definition) is 0. The van der Waals surface area contributed by atoms with Gasteiger partial charge >= 0.3 is 0 Å². The second-order valence-corrected chi connectivity index (χ2v) is 6.69. The van der Waals surface area contributed by atoms with E-state index in [4.69, 9.17) is 0 Å². The molecule has 1 fully saturated rings. The van der Waals surface area contributed by atoms with Crippen molar-refractivity contribution in [2.24, 2.45) is 0 Å². The van der Waals surface area contributed by atoms with E-state index in [1.807, 2.05) is 24.3 Å². The number of hydrogen-bond acceptors (Lipinski definition) is 3. The Balaban J connectivity index is 1.69. The zero-order valence-electron chi connectivity index (χ0n) is 14.4. The fraction of sp³-hybridized carbons (Fsp3) is 0.227. The van der Waals surface area contributed by atoms with Crippen LogP contribution in [0.3, 0.4) is 0 Å². The van der Waals surface area contributed by atoms with E-state index in [0.29, 0.717) is 0 Å². The topological polar surface area (TPSA) is 30.3 Å². The standard InChI is InChI=1S/C22H21N3/c1-24-10-12-25(13-11-24)21-9-8-17-14-19(7-6-18(17)15-21)22-5-3-2-4-20(22)16-23/h2-9,14-15H,10-13H2,1H3. The SMILES string of the molecule is CN1CCN(c2ccc3cc(-c4ccccc4C#N)ccc3c2)CC1. The normalized spacial score (nSPS) is 15.3. The summed E-state index contributed by atoms with van der Waals surface area (Å²) < 4.78 is 0. The zero-order valence-corrected chi connectivity index (χ0v) is 14.4. The molecule has 3 heteroatoms. The van der Waals surface area contributed by atoms with E-state index in [1.54, 1.807) is 0 Å². The lowest BCUT2D eigenvalue weighted by molar-refractivity contribution is 0.313. The van der Waals surface area contributed by atoms with Gasteiger partial charge in [-0.05, 0) is 53.2 Å². The Morgan fingerprint density at radius 3 is 2.36 bits per heavy atom. The van der Waals surface area contributed by atoms with Crippen LogP contribution in [-0.4, -0.2) is 38.1 Å². The summed E-state index contributed by atoms with van der Waals surface area (Å²) in [4.78, 5) is 4.83. The van der Waals surface area contributed by atoms with Gasteiger partial charge in [0.15, 0.2) is 0 Å². The first-order valence-corrected chi connectivity index (χ1v) is 8.71. The van der Waals surface area contributed by atoms with Crippen molar-refractivity contribution in [3.63, 3.8) is 0 Å². The van der Waals surface area contributed by atoms with Crippen molar-refractivity contribution in [2.75, 3.05) is 38.1 Å². The van der Waals surface area contributed by atoms with Crippen LogP contribution in [-0.2, 0) is 0 Å². The van der Waals surface area contributed by atoms with Crippen LogP contribution in [0.1, 0.15) is 5.56 Å². The molecule has 0 N–H and O–H groups in total. The highest BCUT2D eigenvalue weighted by Gasteiger charge is 2.14. The summed E-state index contributed by atoms with van der Waals surface area (Å²) in [7, 11) is 2.18. The van der Waals surface area contributed by atoms with Gasteiger partial charge in [-0.15, -0.1) is 0 Å². The highest BCUT2D eigenvalue weighted by atomic mass is 15.2. The first-order chi connectivity index (χ1) is 12.2. The molecule has 1 aliphatic heterocycles. The van der Waals surface area contributed by atoms with Crippen molar-refractivity contribution in [3.8, 4) is 17.2 Å². The van der Waals surface area contributed by atoms with Gasteiger partial charge in [-0.2, -0.15) is 5.26 Å². The summed E-state index contributed by atoms with van der Waals surface area (Å²) >= 11 is 0. The fourth-order valence-electron chi connectivity index (χ4n) is 3.49. The Bertz CT molecular complexity index is 947. The molecule has 3 nitrogen and oxygen atoms in total. The van der Waals surface area contributed by atoms with Crippen molar-refractivity contribution < 1.29 is 0 Å². The summed E-state index contributed by atoms with van der Waals surface area (Å²) in [6, 6.07) is 23.2. The van der Waals surface area contributed by atoms with Gasteiger partial charge in [0.1, 0.15) is 0 Å². The summed E-state index contributed by atoms with van der Waals surface area (Å²) in [6.07, 6.45) is 0. The Morgan fingerprint density at radius 2 is 1.56 bits per heavy atom. The average Bonchev–Trinajstić information content (AvgIpc) is 2.67. The van der Waals surface area contributed by atoms with Crippen molar-refractivity contribution in [2.45, 2.75) is 0 Å². The molecular formula is C22H21N3. The Labute approximate surface area is 148 Å². The predicted molar refractivity (Wildman–Crippen MR) is 104 cm³/mol. The maximum absolute atomic E-state index is 9.33. The zero-order chi connectivity index (χ0) is 17.2. The summed E-state index contributed by atoms with van der Waals surface area (Å²) in [6.45, 7) is 4.38. The lowest BCUT2D eigenvalue weighted by Crippen LogP contribution is -2.44. The number of benzene rings is 3. The first kappa shape index (κ1) is 15.7. The quantitative estimate of drug-likeness (QED) is 0.709. The lowest BCUT2D eigenvalue weighted by atomic mass is 9.97. The minimum atomic E-state index is 0.718. The molecule has 0 atom stereocenters. The van der Waals surface area contributed by atoms with E-state index in [2.05, 4.69) is 59.3 Å². The van der Waals surface area contributed by atoms with Gasteiger partial charge in [-0.25, -0.2) is 0 Å². The van der Waals surface area contributed by atoms with Gasteiger partial charge in [0, 0.05) is 31.9 Å². The van der Waals surface area contributed by atoms with Crippen molar-refractivity contribution in [3.05, 3.63) is 66.2 Å². The average molecular weight is 327 g/mol. The summed E-state index contributed by atoms with van der Waals surface area (Å²) in [5.41, 5.74) is 4.11. The maximum atomic E-state index is 9.33. The number of likely N-dealkylation sites (N-methyl/N-ethyl adjacent to an activating group) is 1. The Kier molecular flexibility index (Phi) is 4.13. The highest BCUT2D eigenvalue weighted by molar-refractivity contribution is 5.90. The largest absolute Gasteiger partial charge is 0.369 e. The van der Waals surface area contributed by atoms with Crippen molar-refractivity contribution in [1.82, 2.24) is 4.90 Å². The molecule has 1 aliphatic rings. The van der Waals surface area contributed by atoms with E-state index in [0.717, 1.165) is 42.9 Å². The van der Waals surface area contributed by atoms with E-state index in [1.165, 1.54) is 16.5 Å². The molecule has 25 heavy (non-hydrogen) atoms. The molecule has 0 bridgehead atoms. The number of piperazine rings is 1. The summed E-state index contributed by atoms with van der Waals surface area (Å²) in [5.74, 6) is 0. The molecule has 0 unspecified atom stereocenters. The Morgan fingerprint density at radius 1 is 0.840 bits per heavy atom. The Hall–Kier alpha value is -2.83. The maximum Gasteiger partial charge on any atom is 0.0998 e. The lowest BCUT2D eigenvalue weighted by Gasteiger charge is -2.34. The molecule has 124 valence electrons. The number of fused-ring (bicyclic) bond motifs is 1. The van der Waals surface area contributed by atoms with Crippen molar-refractivity contribution in [1.29, 1.82) is 5.26 Å². The monoisotopic (exact) mass is 327 g/mol. The molecule has 0 spiro atoms. The predicted octanol–water partition coefficient (Wildman–Crippen LogP) is 4.13. The van der Waals surface area contributed by atoms with Crippen LogP contribution in [0, 0.1) is 11.3 Å². The molecule has 0 radical (unpaired) electrons. The third-order valence-corrected chi connectivity index (χ3v) is 5.05. The van der Waals surface area contributed by atoms with E-state index >= 15 is 0 Å². The van der Waals surface area contributed by atoms with Gasteiger partial charge in [0.25, 0.3) is 0 Å². The van der Waals surface area contributed by atoms with Crippen LogP contribution in [0.15, 0.2) is 60.7 Å². The summed E-state index contributed by atoms with van der Waals surface area (Å²) in [5, 5.41) is 11.8. The third kappa shape index (κ3) is 3.09. The van der Waals surface area contributed by atoms with Crippen molar-refractivity contribution >= 4 is 16.5 Å². The smallest absolute Gasteiger partial charge is 0.0998 e. The van der Waals surface area contributed by atoms with E-state index in [9.17, 15) is 5.26 Å². The van der Waals surface area contributed by atoms with Crippen LogP contribution < -0.4 is 4.90 Å². The van der Waals surface area contributed by atoms with Crippen LogP contribution in [0.4, 0.5) is 5.69 Å². The molecular weight excluding hydrogens is 306 g/mol. The molecule has 3 aromatic rings. The number of nitrogens with zero attached hydrogens (tertiary/aromatic N) is 3.